The smallest absolute Gasteiger partial charge is 0.225 e. The van der Waals surface area contributed by atoms with Gasteiger partial charge in [-0.15, -0.1) is 24.0 Å². The first-order chi connectivity index (χ1) is 15.2. The first kappa shape index (κ1) is 24.5. The summed E-state index contributed by atoms with van der Waals surface area (Å²) in [6.45, 7) is 5.88. The normalized spacial score (nSPS) is 19.1. The molecule has 7 nitrogen and oxygen atoms in total. The van der Waals surface area contributed by atoms with Crippen molar-refractivity contribution in [2.45, 2.75) is 58.2 Å². The lowest BCUT2D eigenvalue weighted by Gasteiger charge is -2.21. The number of aromatic nitrogens is 2. The molecular weight excluding hydrogens is 515 g/mol. The summed E-state index contributed by atoms with van der Waals surface area (Å²) in [6, 6.07) is 10.7. The summed E-state index contributed by atoms with van der Waals surface area (Å²) in [4.78, 5) is 19.6. The van der Waals surface area contributed by atoms with Crippen LogP contribution < -0.4 is 10.6 Å². The molecule has 1 saturated heterocycles. The van der Waals surface area contributed by atoms with E-state index in [0.717, 1.165) is 51.4 Å². The molecule has 2 aliphatic rings. The van der Waals surface area contributed by atoms with Gasteiger partial charge in [0.15, 0.2) is 5.96 Å². The fraction of sp³-hybridized carbons (Fsp3) is 0.542. The molecule has 174 valence electrons. The van der Waals surface area contributed by atoms with Crippen molar-refractivity contribution in [1.29, 1.82) is 0 Å². The molecule has 2 fully saturated rings. The van der Waals surface area contributed by atoms with E-state index in [1.807, 2.05) is 16.9 Å². The molecule has 1 aromatic heterocycles. The number of rotatable bonds is 7. The average molecular weight is 550 g/mol. The number of carbonyl (C=O) groups is 1. The molecular formula is C24H35IN6O. The molecule has 1 aliphatic heterocycles. The Morgan fingerprint density at radius 2 is 2.00 bits per heavy atom. The molecule has 8 heteroatoms. The molecule has 1 unspecified atom stereocenters. The highest BCUT2D eigenvalue weighted by molar-refractivity contribution is 14.0. The van der Waals surface area contributed by atoms with Crippen LogP contribution in [0.1, 0.15) is 50.2 Å². The van der Waals surface area contributed by atoms with Crippen molar-refractivity contribution in [2.75, 3.05) is 19.6 Å². The maximum Gasteiger partial charge on any atom is 0.225 e. The van der Waals surface area contributed by atoms with Crippen molar-refractivity contribution >= 4 is 35.8 Å². The number of aliphatic imine (C=N–C) groups is 1. The lowest BCUT2D eigenvalue weighted by Crippen LogP contribution is -2.45. The average Bonchev–Trinajstić information content (AvgIpc) is 3.55. The third-order valence-corrected chi connectivity index (χ3v) is 6.20. The first-order valence-electron chi connectivity index (χ1n) is 11.6. The Hall–Kier alpha value is -2.10. The highest BCUT2D eigenvalue weighted by Gasteiger charge is 2.32. The van der Waals surface area contributed by atoms with E-state index < -0.39 is 0 Å². The molecule has 2 N–H and O–H groups in total. The zero-order chi connectivity index (χ0) is 21.5. The Labute approximate surface area is 208 Å². The molecule has 2 aromatic rings. The van der Waals surface area contributed by atoms with Gasteiger partial charge in [-0.25, -0.2) is 4.99 Å². The SMILES string of the molecule is CCNC(=NCc1cccc(Cn2cccn2)c1)NC1CCN(C(=O)C2CCCC2)C1.I. The van der Waals surface area contributed by atoms with Gasteiger partial charge >= 0.3 is 0 Å². The molecule has 1 atom stereocenters. The second-order valence-corrected chi connectivity index (χ2v) is 8.61. The van der Waals surface area contributed by atoms with Gasteiger partial charge in [-0.05, 0) is 43.4 Å². The van der Waals surface area contributed by atoms with Gasteiger partial charge < -0.3 is 15.5 Å². The molecule has 2 heterocycles. The van der Waals surface area contributed by atoms with Crippen LogP contribution in [0, 0.1) is 5.92 Å². The minimum absolute atomic E-state index is 0. The number of nitrogens with one attached hydrogen (secondary N) is 2. The number of hydrogen-bond acceptors (Lipinski definition) is 3. The predicted molar refractivity (Wildman–Crippen MR) is 138 cm³/mol. The van der Waals surface area contributed by atoms with Crippen LogP contribution in [0.15, 0.2) is 47.7 Å². The van der Waals surface area contributed by atoms with Crippen molar-refractivity contribution in [3.05, 3.63) is 53.9 Å². The Balaban J connectivity index is 0.00000289. The second-order valence-electron chi connectivity index (χ2n) is 8.61. The van der Waals surface area contributed by atoms with Crippen molar-refractivity contribution in [3.63, 3.8) is 0 Å². The summed E-state index contributed by atoms with van der Waals surface area (Å²) < 4.78 is 1.92. The second kappa shape index (κ2) is 12.2. The lowest BCUT2D eigenvalue weighted by molar-refractivity contribution is -0.134. The van der Waals surface area contributed by atoms with Crippen LogP contribution in [-0.2, 0) is 17.9 Å². The lowest BCUT2D eigenvalue weighted by atomic mass is 10.1. The summed E-state index contributed by atoms with van der Waals surface area (Å²) in [5.41, 5.74) is 2.39. The van der Waals surface area contributed by atoms with Gasteiger partial charge in [0.2, 0.25) is 5.91 Å². The fourth-order valence-corrected chi connectivity index (χ4v) is 4.60. The molecule has 1 aromatic carbocycles. The molecule has 1 amide bonds. The van der Waals surface area contributed by atoms with Crippen molar-refractivity contribution < 1.29 is 4.79 Å². The molecule has 1 aliphatic carbocycles. The fourth-order valence-electron chi connectivity index (χ4n) is 4.60. The van der Waals surface area contributed by atoms with Gasteiger partial charge in [0, 0.05) is 44.0 Å². The highest BCUT2D eigenvalue weighted by atomic mass is 127. The van der Waals surface area contributed by atoms with E-state index >= 15 is 0 Å². The third kappa shape index (κ3) is 6.70. The highest BCUT2D eigenvalue weighted by Crippen LogP contribution is 2.27. The number of guanidine groups is 1. The van der Waals surface area contributed by atoms with E-state index in [0.29, 0.717) is 12.5 Å². The summed E-state index contributed by atoms with van der Waals surface area (Å²) in [5.74, 6) is 1.44. The number of hydrogen-bond donors (Lipinski definition) is 2. The number of benzene rings is 1. The van der Waals surface area contributed by atoms with Crippen LogP contribution in [0.2, 0.25) is 0 Å². The summed E-state index contributed by atoms with van der Waals surface area (Å²) in [7, 11) is 0. The number of halogens is 1. The van der Waals surface area contributed by atoms with Crippen LogP contribution in [0.25, 0.3) is 0 Å². The van der Waals surface area contributed by atoms with E-state index in [9.17, 15) is 4.79 Å². The number of nitrogens with zero attached hydrogens (tertiary/aromatic N) is 4. The molecule has 32 heavy (non-hydrogen) atoms. The Kier molecular flexibility index (Phi) is 9.37. The topological polar surface area (TPSA) is 74.6 Å². The van der Waals surface area contributed by atoms with Crippen LogP contribution in [0.3, 0.4) is 0 Å². The quantitative estimate of drug-likeness (QED) is 0.315. The number of carbonyl (C=O) groups excluding carboxylic acids is 1. The minimum Gasteiger partial charge on any atom is -0.357 e. The molecule has 0 spiro atoms. The standard InChI is InChI=1S/C24H34N6O.HI/c1-2-25-24(28-22-11-14-29(18-22)23(31)21-9-3-4-10-21)26-16-19-7-5-8-20(15-19)17-30-13-6-12-27-30;/h5-8,12-13,15,21-22H,2-4,9-11,14,16-18H2,1H3,(H2,25,26,28);1H. The van der Waals surface area contributed by atoms with Crippen LogP contribution in [-0.4, -0.2) is 52.2 Å². The van der Waals surface area contributed by atoms with E-state index in [4.69, 9.17) is 4.99 Å². The predicted octanol–water partition coefficient (Wildman–Crippen LogP) is 3.40. The van der Waals surface area contributed by atoms with Gasteiger partial charge in [-0.1, -0.05) is 37.1 Å². The van der Waals surface area contributed by atoms with E-state index in [1.54, 1.807) is 6.20 Å². The molecule has 1 saturated carbocycles. The summed E-state index contributed by atoms with van der Waals surface area (Å²) >= 11 is 0. The molecule has 4 rings (SSSR count). The van der Waals surface area contributed by atoms with E-state index in [1.165, 1.54) is 24.0 Å². The van der Waals surface area contributed by atoms with Gasteiger partial charge in [0.1, 0.15) is 0 Å². The summed E-state index contributed by atoms with van der Waals surface area (Å²) in [6.07, 6.45) is 9.28. The van der Waals surface area contributed by atoms with Crippen molar-refractivity contribution in [2.24, 2.45) is 10.9 Å². The number of likely N-dealkylation sites (tertiary alicyclic amines) is 1. The monoisotopic (exact) mass is 550 g/mol. The maximum absolute atomic E-state index is 12.7. The van der Waals surface area contributed by atoms with Crippen molar-refractivity contribution in [1.82, 2.24) is 25.3 Å². The minimum atomic E-state index is 0. The molecule has 0 radical (unpaired) electrons. The molecule has 0 bridgehead atoms. The van der Waals surface area contributed by atoms with Crippen molar-refractivity contribution in [3.8, 4) is 0 Å². The van der Waals surface area contributed by atoms with E-state index in [2.05, 4.69) is 51.8 Å². The summed E-state index contributed by atoms with van der Waals surface area (Å²) in [5, 5.41) is 11.2. The first-order valence-corrected chi connectivity index (χ1v) is 11.6. The Morgan fingerprint density at radius 1 is 1.19 bits per heavy atom. The van der Waals surface area contributed by atoms with Gasteiger partial charge in [0.05, 0.1) is 13.1 Å². The van der Waals surface area contributed by atoms with Crippen LogP contribution in [0.4, 0.5) is 0 Å². The largest absolute Gasteiger partial charge is 0.357 e. The van der Waals surface area contributed by atoms with Gasteiger partial charge in [-0.2, -0.15) is 5.10 Å². The zero-order valence-corrected chi connectivity index (χ0v) is 21.2. The Morgan fingerprint density at radius 3 is 2.75 bits per heavy atom. The third-order valence-electron chi connectivity index (χ3n) is 6.20. The van der Waals surface area contributed by atoms with Crippen LogP contribution >= 0.6 is 24.0 Å². The van der Waals surface area contributed by atoms with E-state index in [-0.39, 0.29) is 35.9 Å². The van der Waals surface area contributed by atoms with Gasteiger partial charge in [0.25, 0.3) is 0 Å². The van der Waals surface area contributed by atoms with Crippen LogP contribution in [0.5, 0.6) is 0 Å². The Bertz CT molecular complexity index is 878. The maximum atomic E-state index is 12.7. The van der Waals surface area contributed by atoms with Gasteiger partial charge in [-0.3, -0.25) is 9.48 Å². The zero-order valence-electron chi connectivity index (χ0n) is 18.9. The number of amides is 1.